The van der Waals surface area contributed by atoms with Crippen LogP contribution in [-0.4, -0.2) is 16.1 Å². The van der Waals surface area contributed by atoms with Crippen LogP contribution in [0.3, 0.4) is 0 Å². The number of rotatable bonds is 1. The molecule has 1 aliphatic rings. The van der Waals surface area contributed by atoms with Crippen molar-refractivity contribution >= 4 is 23.3 Å². The standard InChI is InChI=1S/C19H20N8O/c1-19(2,3)11-5-4-9(6-12(11)28)15-13-14(22)10(7-20)16(23)26-17(13)27-18(25-15)24-8-21/h4-6,15,28H,1-3H3,(H6,22,23,24,25,26,27). The molecule has 1 atom stereocenters. The average molecular weight is 376 g/mol. The van der Waals surface area contributed by atoms with Gasteiger partial charge < -0.3 is 21.9 Å². The minimum absolute atomic E-state index is 0.0193. The van der Waals surface area contributed by atoms with Crippen LogP contribution in [-0.2, 0) is 5.41 Å². The van der Waals surface area contributed by atoms with Crippen LogP contribution >= 0.6 is 0 Å². The summed E-state index contributed by atoms with van der Waals surface area (Å²) in [5, 5.41) is 34.1. The highest BCUT2D eigenvalue weighted by Gasteiger charge is 2.30. The Morgan fingerprint density at radius 3 is 2.54 bits per heavy atom. The zero-order chi connectivity index (χ0) is 20.6. The van der Waals surface area contributed by atoms with Gasteiger partial charge in [-0.15, -0.1) is 0 Å². The third kappa shape index (κ3) is 3.10. The first-order valence-electron chi connectivity index (χ1n) is 8.49. The molecule has 7 N–H and O–H groups in total. The van der Waals surface area contributed by atoms with Crippen LogP contribution in [0.2, 0.25) is 0 Å². The zero-order valence-electron chi connectivity index (χ0n) is 15.7. The van der Waals surface area contributed by atoms with E-state index in [0.717, 1.165) is 5.56 Å². The molecule has 1 unspecified atom stereocenters. The number of hydrogen-bond donors (Lipinski definition) is 5. The summed E-state index contributed by atoms with van der Waals surface area (Å²) in [6, 6.07) is 6.53. The lowest BCUT2D eigenvalue weighted by Gasteiger charge is -2.27. The van der Waals surface area contributed by atoms with Crippen LogP contribution in [0.1, 0.15) is 49.1 Å². The highest BCUT2D eigenvalue weighted by molar-refractivity contribution is 5.98. The molecule has 2 aromatic rings. The SMILES string of the molecule is CC(C)(C)c1ccc(C2N=C(NC#N)Nc3nc(N)c(C#N)c(N)c32)cc1O. The van der Waals surface area contributed by atoms with Crippen molar-refractivity contribution in [2.75, 3.05) is 16.8 Å². The first-order chi connectivity index (χ1) is 13.2. The number of nitrogens with one attached hydrogen (secondary N) is 2. The maximum atomic E-state index is 10.5. The number of benzene rings is 1. The van der Waals surface area contributed by atoms with E-state index < -0.39 is 6.04 Å². The molecule has 0 amide bonds. The molecule has 0 aliphatic carbocycles. The van der Waals surface area contributed by atoms with Crippen molar-refractivity contribution in [3.05, 3.63) is 40.5 Å². The summed E-state index contributed by atoms with van der Waals surface area (Å²) < 4.78 is 0. The van der Waals surface area contributed by atoms with Gasteiger partial charge in [-0.05, 0) is 22.6 Å². The number of nitrogen functional groups attached to an aromatic ring is 2. The summed E-state index contributed by atoms with van der Waals surface area (Å²) in [5.41, 5.74) is 13.9. The number of hydrogen-bond acceptors (Lipinski definition) is 9. The lowest BCUT2D eigenvalue weighted by molar-refractivity contribution is 0.445. The largest absolute Gasteiger partial charge is 0.508 e. The number of aromatic nitrogens is 1. The lowest BCUT2D eigenvalue weighted by atomic mass is 9.84. The molecule has 3 rings (SSSR count). The summed E-state index contributed by atoms with van der Waals surface area (Å²) in [7, 11) is 0. The topological polar surface area (TPSA) is 169 Å². The number of guanidine groups is 1. The normalized spacial score (nSPS) is 15.5. The number of nitrogens with two attached hydrogens (primary N) is 2. The van der Waals surface area contributed by atoms with Crippen molar-refractivity contribution in [3.63, 3.8) is 0 Å². The molecule has 0 spiro atoms. The number of phenolic OH excluding ortho intramolecular Hbond substituents is 1. The number of anilines is 3. The number of pyridine rings is 1. The summed E-state index contributed by atoms with van der Waals surface area (Å²) >= 11 is 0. The minimum atomic E-state index is -0.688. The van der Waals surface area contributed by atoms with E-state index in [1.165, 1.54) is 0 Å². The third-order valence-electron chi connectivity index (χ3n) is 4.50. The van der Waals surface area contributed by atoms with Gasteiger partial charge in [0.25, 0.3) is 0 Å². The number of nitrogens with zero attached hydrogens (tertiary/aromatic N) is 4. The molecule has 1 aromatic heterocycles. The van der Waals surface area contributed by atoms with Crippen LogP contribution in [0, 0.1) is 22.8 Å². The molecule has 0 saturated carbocycles. The molecule has 2 heterocycles. The summed E-state index contributed by atoms with van der Waals surface area (Å²) in [4.78, 5) is 8.68. The van der Waals surface area contributed by atoms with Crippen molar-refractivity contribution in [2.24, 2.45) is 4.99 Å². The van der Waals surface area contributed by atoms with E-state index in [-0.39, 0.29) is 34.2 Å². The summed E-state index contributed by atoms with van der Waals surface area (Å²) in [6.45, 7) is 6.00. The number of nitriles is 2. The van der Waals surface area contributed by atoms with E-state index in [9.17, 15) is 10.4 Å². The zero-order valence-corrected chi connectivity index (χ0v) is 15.7. The van der Waals surface area contributed by atoms with Crippen LogP contribution in [0.4, 0.5) is 17.3 Å². The monoisotopic (exact) mass is 376 g/mol. The van der Waals surface area contributed by atoms with Gasteiger partial charge in [0.2, 0.25) is 5.96 Å². The maximum Gasteiger partial charge on any atom is 0.211 e. The predicted octanol–water partition coefficient (Wildman–Crippen LogP) is 2.06. The molecule has 0 radical (unpaired) electrons. The van der Waals surface area contributed by atoms with E-state index in [2.05, 4.69) is 20.6 Å². The third-order valence-corrected chi connectivity index (χ3v) is 4.50. The first-order valence-corrected chi connectivity index (χ1v) is 8.49. The molecule has 1 aliphatic heterocycles. The average Bonchev–Trinajstić information content (AvgIpc) is 2.60. The Morgan fingerprint density at radius 2 is 1.96 bits per heavy atom. The fraction of sp³-hybridized carbons (Fsp3) is 0.263. The summed E-state index contributed by atoms with van der Waals surface area (Å²) in [6.07, 6.45) is 1.80. The van der Waals surface area contributed by atoms with Gasteiger partial charge in [-0.25, -0.2) is 9.98 Å². The molecule has 1 aromatic carbocycles. The second-order valence-electron chi connectivity index (χ2n) is 7.43. The van der Waals surface area contributed by atoms with Gasteiger partial charge >= 0.3 is 0 Å². The van der Waals surface area contributed by atoms with E-state index in [1.807, 2.05) is 39.0 Å². The number of aliphatic imine (C=N–C) groups is 1. The van der Waals surface area contributed by atoms with Gasteiger partial charge in [0.05, 0.1) is 5.69 Å². The molecule has 142 valence electrons. The van der Waals surface area contributed by atoms with Crippen molar-refractivity contribution in [2.45, 2.75) is 32.2 Å². The molecular weight excluding hydrogens is 356 g/mol. The highest BCUT2D eigenvalue weighted by atomic mass is 16.3. The highest BCUT2D eigenvalue weighted by Crippen LogP contribution is 2.42. The minimum Gasteiger partial charge on any atom is -0.508 e. The van der Waals surface area contributed by atoms with E-state index in [1.54, 1.807) is 12.3 Å². The molecule has 0 bridgehead atoms. The second-order valence-corrected chi connectivity index (χ2v) is 7.43. The van der Waals surface area contributed by atoms with E-state index in [4.69, 9.17) is 16.7 Å². The Morgan fingerprint density at radius 1 is 1.25 bits per heavy atom. The Balaban J connectivity index is 2.22. The summed E-state index contributed by atoms with van der Waals surface area (Å²) in [5.74, 6) is 0.563. The van der Waals surface area contributed by atoms with Gasteiger partial charge in [-0.3, -0.25) is 5.32 Å². The Kier molecular flexibility index (Phi) is 4.45. The molecule has 9 heteroatoms. The van der Waals surface area contributed by atoms with Gasteiger partial charge in [0.1, 0.15) is 35.1 Å². The van der Waals surface area contributed by atoms with Gasteiger partial charge in [0.15, 0.2) is 6.19 Å². The van der Waals surface area contributed by atoms with Gasteiger partial charge in [-0.1, -0.05) is 32.9 Å². The Bertz CT molecular complexity index is 1070. The Hall–Kier alpha value is -3.98. The number of aromatic hydroxyl groups is 1. The van der Waals surface area contributed by atoms with Crippen molar-refractivity contribution in [1.29, 1.82) is 10.5 Å². The van der Waals surface area contributed by atoms with Crippen molar-refractivity contribution in [1.82, 2.24) is 10.3 Å². The maximum absolute atomic E-state index is 10.5. The second kappa shape index (κ2) is 6.63. The van der Waals surface area contributed by atoms with Crippen LogP contribution in [0.25, 0.3) is 0 Å². The molecule has 28 heavy (non-hydrogen) atoms. The molecule has 0 fully saturated rings. The number of phenols is 1. The van der Waals surface area contributed by atoms with Crippen molar-refractivity contribution in [3.8, 4) is 18.0 Å². The lowest BCUT2D eigenvalue weighted by Crippen LogP contribution is -2.32. The van der Waals surface area contributed by atoms with Crippen molar-refractivity contribution < 1.29 is 5.11 Å². The van der Waals surface area contributed by atoms with E-state index >= 15 is 0 Å². The van der Waals surface area contributed by atoms with E-state index in [0.29, 0.717) is 16.9 Å². The Labute approximate surface area is 162 Å². The van der Waals surface area contributed by atoms with Crippen LogP contribution in [0.5, 0.6) is 5.75 Å². The fourth-order valence-corrected chi connectivity index (χ4v) is 3.18. The quantitative estimate of drug-likeness (QED) is 0.372. The van der Waals surface area contributed by atoms with Crippen LogP contribution < -0.4 is 22.1 Å². The fourth-order valence-electron chi connectivity index (χ4n) is 3.18. The smallest absolute Gasteiger partial charge is 0.211 e. The molecule has 0 saturated heterocycles. The van der Waals surface area contributed by atoms with Gasteiger partial charge in [-0.2, -0.15) is 10.5 Å². The number of fused-ring (bicyclic) bond motifs is 1. The van der Waals surface area contributed by atoms with Gasteiger partial charge in [0, 0.05) is 5.56 Å². The molecular formula is C19H20N8O. The van der Waals surface area contributed by atoms with Crippen LogP contribution in [0.15, 0.2) is 23.2 Å². The molecule has 9 nitrogen and oxygen atoms in total. The first kappa shape index (κ1) is 18.8. The predicted molar refractivity (Wildman–Crippen MR) is 106 cm³/mol.